The molecule has 6 nitrogen and oxygen atoms in total. The number of allylic oxidation sites excluding steroid dienone is 1. The van der Waals surface area contributed by atoms with Crippen LogP contribution in [0.1, 0.15) is 18.0 Å². The van der Waals surface area contributed by atoms with Crippen LogP contribution < -0.4 is 0 Å². The maximum Gasteiger partial charge on any atom is 0.266 e. The van der Waals surface area contributed by atoms with E-state index < -0.39 is 14.9 Å². The Morgan fingerprint density at radius 1 is 1.24 bits per heavy atom. The Kier molecular flexibility index (Phi) is 8.02. The van der Waals surface area contributed by atoms with E-state index in [0.717, 1.165) is 51.1 Å². The molecule has 3 heterocycles. The average Bonchev–Trinajstić information content (AvgIpc) is 3.44. The van der Waals surface area contributed by atoms with Crippen LogP contribution in [0.25, 0.3) is 22.3 Å². The Balaban J connectivity index is 1.62. The number of hydrogen-bond acceptors (Lipinski definition) is 4. The number of hydrogen-bond donors (Lipinski definition) is 0. The Bertz CT molecular complexity index is 1290. The first-order chi connectivity index (χ1) is 16.4. The molecule has 0 saturated heterocycles. The van der Waals surface area contributed by atoms with Crippen molar-refractivity contribution in [3.05, 3.63) is 77.4 Å². The molecule has 1 aromatic carbocycles. The molecule has 0 spiro atoms. The fourth-order valence-corrected chi connectivity index (χ4v) is 4.82. The molecule has 178 valence electrons. The maximum atomic E-state index is 12.9. The molecule has 4 rings (SSSR count). The summed E-state index contributed by atoms with van der Waals surface area (Å²) in [5.74, 6) is 0. The molecule has 1 unspecified atom stereocenters. The molecule has 4 aromatic rings. The number of halogens is 3. The van der Waals surface area contributed by atoms with Gasteiger partial charge in [-0.1, -0.05) is 41.2 Å². The number of rotatable bonds is 10. The van der Waals surface area contributed by atoms with Gasteiger partial charge < -0.3 is 9.30 Å². The molecule has 1 atom stereocenters. The maximum absolute atomic E-state index is 12.9. The van der Waals surface area contributed by atoms with Crippen LogP contribution >= 0.6 is 15.9 Å². The first-order valence-corrected chi connectivity index (χ1v) is 15.0. The van der Waals surface area contributed by atoms with Crippen molar-refractivity contribution >= 4 is 35.8 Å². The van der Waals surface area contributed by atoms with Crippen molar-refractivity contribution in [2.45, 2.75) is 38.3 Å². The molecule has 0 aliphatic heterocycles. The van der Waals surface area contributed by atoms with Crippen molar-refractivity contribution in [2.24, 2.45) is 0 Å². The molecule has 0 radical (unpaired) electrons. The standard InChI is InChI=1S/C24H26BrF2N5OSi/c1-34(2)11-10-33-16-31-9-8-20-23(28-15-29-24(20)31)18-13-30-32(14-18)21(6-7-22(26)27)17-4-3-5-19(25)12-17/h3-5,7-9,12-15,21,34H,6,10-11,16H2,1-2H3. The average molecular weight is 546 g/mol. The molecule has 0 aliphatic rings. The minimum atomic E-state index is -1.70. The smallest absolute Gasteiger partial charge is 0.266 e. The lowest BCUT2D eigenvalue weighted by molar-refractivity contribution is 0.0902. The molecule has 0 aliphatic carbocycles. The molecule has 0 N–H and O–H groups in total. The lowest BCUT2D eigenvalue weighted by Crippen LogP contribution is -2.10. The number of ether oxygens (including phenoxy) is 1. The number of benzene rings is 1. The van der Waals surface area contributed by atoms with Gasteiger partial charge in [0.1, 0.15) is 18.7 Å². The topological polar surface area (TPSA) is 57.8 Å². The van der Waals surface area contributed by atoms with Gasteiger partial charge in [-0.3, -0.25) is 4.68 Å². The molecule has 0 fully saturated rings. The normalized spacial score (nSPS) is 12.4. The van der Waals surface area contributed by atoms with E-state index in [1.54, 1.807) is 10.9 Å². The molecule has 0 saturated carbocycles. The van der Waals surface area contributed by atoms with E-state index >= 15 is 0 Å². The second-order valence-electron chi connectivity index (χ2n) is 8.47. The van der Waals surface area contributed by atoms with Gasteiger partial charge in [-0.2, -0.15) is 13.9 Å². The van der Waals surface area contributed by atoms with Crippen molar-refractivity contribution in [1.82, 2.24) is 24.3 Å². The van der Waals surface area contributed by atoms with E-state index in [1.165, 1.54) is 6.33 Å². The van der Waals surface area contributed by atoms with E-state index in [4.69, 9.17) is 4.74 Å². The highest BCUT2D eigenvalue weighted by atomic mass is 79.9. The lowest BCUT2D eigenvalue weighted by atomic mass is 10.0. The van der Waals surface area contributed by atoms with Crippen molar-refractivity contribution in [3.63, 3.8) is 0 Å². The second-order valence-corrected chi connectivity index (χ2v) is 12.8. The molecule has 0 amide bonds. The molecule has 3 aromatic heterocycles. The fraction of sp³-hybridized carbons (Fsp3) is 0.292. The number of fused-ring (bicyclic) bond motifs is 1. The van der Waals surface area contributed by atoms with Gasteiger partial charge in [0.05, 0.1) is 17.9 Å². The summed E-state index contributed by atoms with van der Waals surface area (Å²) in [6.07, 6.45) is 6.37. The van der Waals surface area contributed by atoms with E-state index in [0.29, 0.717) is 6.73 Å². The van der Waals surface area contributed by atoms with Gasteiger partial charge >= 0.3 is 0 Å². The predicted octanol–water partition coefficient (Wildman–Crippen LogP) is 6.28. The SMILES string of the molecule is C[SiH](C)CCOCn1ccc2c(-c3cnn(C(CC=C(F)F)c4cccc(Br)c4)c3)ncnc21. The Labute approximate surface area is 207 Å². The largest absolute Gasteiger partial charge is 0.361 e. The van der Waals surface area contributed by atoms with Gasteiger partial charge in [0.25, 0.3) is 6.08 Å². The number of aromatic nitrogens is 5. The quantitative estimate of drug-likeness (QED) is 0.174. The fourth-order valence-electron chi connectivity index (χ4n) is 3.76. The summed E-state index contributed by atoms with van der Waals surface area (Å²) in [5.41, 5.74) is 3.19. The van der Waals surface area contributed by atoms with Crippen molar-refractivity contribution < 1.29 is 13.5 Å². The van der Waals surface area contributed by atoms with Crippen LogP contribution in [0.2, 0.25) is 19.1 Å². The summed E-state index contributed by atoms with van der Waals surface area (Å²) in [6.45, 7) is 5.80. The van der Waals surface area contributed by atoms with Crippen LogP contribution in [-0.2, 0) is 11.5 Å². The van der Waals surface area contributed by atoms with Crippen LogP contribution in [0.5, 0.6) is 0 Å². The molecular weight excluding hydrogens is 520 g/mol. The summed E-state index contributed by atoms with van der Waals surface area (Å²) in [5, 5.41) is 5.39. The number of nitrogens with zero attached hydrogens (tertiary/aromatic N) is 5. The first kappa shape index (κ1) is 24.4. The van der Waals surface area contributed by atoms with Gasteiger partial charge in [0.2, 0.25) is 0 Å². The van der Waals surface area contributed by atoms with Crippen LogP contribution in [0.3, 0.4) is 0 Å². The van der Waals surface area contributed by atoms with Crippen molar-refractivity contribution in [3.8, 4) is 11.3 Å². The highest BCUT2D eigenvalue weighted by molar-refractivity contribution is 9.10. The Morgan fingerprint density at radius 2 is 2.09 bits per heavy atom. The summed E-state index contributed by atoms with van der Waals surface area (Å²) in [6, 6.07) is 10.3. The van der Waals surface area contributed by atoms with Gasteiger partial charge in [0.15, 0.2) is 0 Å². The third kappa shape index (κ3) is 5.86. The summed E-state index contributed by atoms with van der Waals surface area (Å²) < 4.78 is 36.2. The van der Waals surface area contributed by atoms with Gasteiger partial charge in [0, 0.05) is 43.2 Å². The Hall–Kier alpha value is -2.69. The zero-order valence-corrected chi connectivity index (χ0v) is 21.8. The summed E-state index contributed by atoms with van der Waals surface area (Å²) in [4.78, 5) is 8.94. The highest BCUT2D eigenvalue weighted by Gasteiger charge is 2.18. The zero-order chi connectivity index (χ0) is 24.1. The summed E-state index contributed by atoms with van der Waals surface area (Å²) in [7, 11) is -0.640. The zero-order valence-electron chi connectivity index (χ0n) is 19.0. The minimum absolute atomic E-state index is 0.117. The van der Waals surface area contributed by atoms with E-state index in [1.807, 2.05) is 47.3 Å². The lowest BCUT2D eigenvalue weighted by Gasteiger charge is -2.16. The molecule has 10 heteroatoms. The van der Waals surface area contributed by atoms with Gasteiger partial charge in [-0.15, -0.1) is 0 Å². The van der Waals surface area contributed by atoms with Gasteiger partial charge in [-0.25, -0.2) is 9.97 Å². The van der Waals surface area contributed by atoms with E-state index in [-0.39, 0.29) is 12.5 Å². The molecule has 0 bridgehead atoms. The van der Waals surface area contributed by atoms with Crippen LogP contribution in [-0.4, -0.2) is 39.7 Å². The predicted molar refractivity (Wildman–Crippen MR) is 136 cm³/mol. The minimum Gasteiger partial charge on any atom is -0.361 e. The van der Waals surface area contributed by atoms with Crippen LogP contribution in [0, 0.1) is 0 Å². The van der Waals surface area contributed by atoms with E-state index in [2.05, 4.69) is 44.1 Å². The van der Waals surface area contributed by atoms with E-state index in [9.17, 15) is 8.78 Å². The summed E-state index contributed by atoms with van der Waals surface area (Å²) >= 11 is 3.46. The third-order valence-corrected chi connectivity index (χ3v) is 7.43. The third-order valence-electron chi connectivity index (χ3n) is 5.55. The monoisotopic (exact) mass is 545 g/mol. The van der Waals surface area contributed by atoms with Crippen LogP contribution in [0.4, 0.5) is 8.78 Å². The van der Waals surface area contributed by atoms with Gasteiger partial charge in [-0.05, 0) is 42.3 Å². The molecular formula is C24H26BrF2N5OSi. The first-order valence-electron chi connectivity index (χ1n) is 11.1. The molecule has 34 heavy (non-hydrogen) atoms. The van der Waals surface area contributed by atoms with Crippen LogP contribution in [0.15, 0.2) is 71.9 Å². The van der Waals surface area contributed by atoms with Crippen molar-refractivity contribution in [1.29, 1.82) is 0 Å². The van der Waals surface area contributed by atoms with Crippen molar-refractivity contribution in [2.75, 3.05) is 6.61 Å². The second kappa shape index (κ2) is 11.2. The Morgan fingerprint density at radius 3 is 2.85 bits per heavy atom. The highest BCUT2D eigenvalue weighted by Crippen LogP contribution is 2.30.